The number of rotatable bonds is 5. The normalized spacial score (nSPS) is 13.4. The number of nitrogens with one attached hydrogen (secondary N) is 1. The summed E-state index contributed by atoms with van der Waals surface area (Å²) in [6.07, 6.45) is 8.87. The van der Waals surface area contributed by atoms with Crippen molar-refractivity contribution in [2.45, 2.75) is 39.2 Å². The number of halogens is 2. The molecule has 0 aliphatic heterocycles. The van der Waals surface area contributed by atoms with E-state index >= 15 is 0 Å². The second-order valence-corrected chi connectivity index (χ2v) is 7.93. The first-order chi connectivity index (χ1) is 16.8. The third-order valence-corrected chi connectivity index (χ3v) is 5.45. The van der Waals surface area contributed by atoms with Gasteiger partial charge in [-0.05, 0) is 25.3 Å². The highest BCUT2D eigenvalue weighted by Gasteiger charge is 2.25. The predicted octanol–water partition coefficient (Wildman–Crippen LogP) is 5.00. The number of aromatic nitrogens is 6. The molecular weight excluding hydrogens is 456 g/mol. The van der Waals surface area contributed by atoms with E-state index in [1.54, 1.807) is 30.2 Å². The molecule has 0 saturated heterocycles. The van der Waals surface area contributed by atoms with Gasteiger partial charge in [0.2, 0.25) is 0 Å². The first-order valence-corrected chi connectivity index (χ1v) is 11.0. The molecule has 4 N–H and O–H groups in total. The van der Waals surface area contributed by atoms with Crippen molar-refractivity contribution >= 4 is 22.8 Å². The summed E-state index contributed by atoms with van der Waals surface area (Å²) >= 11 is 0. The molecule has 1 fully saturated rings. The minimum Gasteiger partial charge on any atom is -0.481 e. The number of pyridine rings is 1. The van der Waals surface area contributed by atoms with E-state index < -0.39 is 17.6 Å². The number of aliphatic carboxylic acids is 1. The van der Waals surface area contributed by atoms with Crippen LogP contribution >= 0.6 is 0 Å². The van der Waals surface area contributed by atoms with E-state index in [1.165, 1.54) is 6.07 Å². The topological polar surface area (TPSA) is 136 Å². The molecule has 9 nitrogen and oxygen atoms in total. The first-order valence-electron chi connectivity index (χ1n) is 11.0. The Hall–Kier alpha value is -4.15. The van der Waals surface area contributed by atoms with Crippen LogP contribution in [0.4, 0.5) is 14.6 Å². The van der Waals surface area contributed by atoms with Crippen molar-refractivity contribution in [3.8, 4) is 22.6 Å². The van der Waals surface area contributed by atoms with Crippen LogP contribution in [-0.4, -0.2) is 40.8 Å². The van der Waals surface area contributed by atoms with E-state index in [-0.39, 0.29) is 23.3 Å². The number of nitrogens with zero attached hydrogens (tertiary/aromatic N) is 5. The number of fused-ring (bicyclic) bond motifs is 1. The monoisotopic (exact) mass is 483 g/mol. The molecule has 4 aromatic rings. The maximum atomic E-state index is 14.5. The van der Waals surface area contributed by atoms with E-state index in [0.29, 0.717) is 28.2 Å². The van der Waals surface area contributed by atoms with Crippen LogP contribution in [0.15, 0.2) is 44.0 Å². The molecule has 0 radical (unpaired) electrons. The fourth-order valence-electron chi connectivity index (χ4n) is 3.11. The Labute approximate surface area is 200 Å². The average molecular weight is 484 g/mol. The summed E-state index contributed by atoms with van der Waals surface area (Å²) in [7, 11) is 0. The highest BCUT2D eigenvalue weighted by atomic mass is 19.1. The molecule has 184 valence electrons. The van der Waals surface area contributed by atoms with Crippen molar-refractivity contribution in [3.05, 3.63) is 55.6 Å². The molecule has 0 amide bonds. The van der Waals surface area contributed by atoms with Gasteiger partial charge < -0.3 is 15.8 Å². The van der Waals surface area contributed by atoms with Crippen LogP contribution in [0.3, 0.4) is 0 Å². The molecule has 35 heavy (non-hydrogen) atoms. The zero-order valence-electron chi connectivity index (χ0n) is 19.5. The molecule has 1 unspecified atom stereocenters. The fraction of sp³-hybridized carbons (Fsp3) is 0.292. The minimum atomic E-state index is -0.706. The molecule has 4 aromatic heterocycles. The predicted molar refractivity (Wildman–Crippen MR) is 129 cm³/mol. The second-order valence-electron chi connectivity index (χ2n) is 7.93. The van der Waals surface area contributed by atoms with Gasteiger partial charge in [0.25, 0.3) is 0 Å². The standard InChI is InChI=1S/C17H13F2N7.C5H10O2.C2H4/c18-9-3-11-12(6-22-16(11)21-5-9)17-24-14(13(19)15(20)25-17)8-4-23-26(7-8)10-1-2-10;1-3-4(2)5(6)7;1-2/h3-7,10H,1-2H2,(H,21,22)(H2,20,24,25);4H,3H2,1-2H3,(H,6,7);1-2H2. The number of nitrogens with two attached hydrogens (primary N) is 1. The molecule has 1 aliphatic carbocycles. The van der Waals surface area contributed by atoms with E-state index in [0.717, 1.165) is 25.5 Å². The van der Waals surface area contributed by atoms with Gasteiger partial charge in [0, 0.05) is 28.9 Å². The SMILES string of the molecule is C=C.CCC(C)C(=O)O.Nc1nc(-c2c[nH]c3ncc(F)cc23)nc(-c2cnn(C3CC3)c2)c1F. The number of H-pyrrole nitrogens is 1. The molecule has 1 saturated carbocycles. The van der Waals surface area contributed by atoms with Crippen molar-refractivity contribution in [1.82, 2.24) is 29.7 Å². The summed E-state index contributed by atoms with van der Waals surface area (Å²) in [5, 5.41) is 12.9. The molecule has 4 heterocycles. The van der Waals surface area contributed by atoms with Crippen LogP contribution in [0.2, 0.25) is 0 Å². The van der Waals surface area contributed by atoms with Crippen molar-refractivity contribution < 1.29 is 18.7 Å². The summed E-state index contributed by atoms with van der Waals surface area (Å²) in [6, 6.07) is 1.69. The first kappa shape index (κ1) is 25.5. The lowest BCUT2D eigenvalue weighted by atomic mass is 10.1. The summed E-state index contributed by atoms with van der Waals surface area (Å²) < 4.78 is 29.9. The van der Waals surface area contributed by atoms with E-state index in [1.807, 2.05) is 6.92 Å². The Morgan fingerprint density at radius 2 is 2.03 bits per heavy atom. The number of hydrogen-bond acceptors (Lipinski definition) is 6. The molecular formula is C24H27F2N7O2. The molecule has 0 spiro atoms. The lowest BCUT2D eigenvalue weighted by molar-refractivity contribution is -0.141. The largest absolute Gasteiger partial charge is 0.481 e. The Bertz CT molecular complexity index is 1330. The zero-order valence-corrected chi connectivity index (χ0v) is 19.5. The molecule has 5 rings (SSSR count). The van der Waals surface area contributed by atoms with Crippen LogP contribution in [0.25, 0.3) is 33.7 Å². The van der Waals surface area contributed by atoms with Crippen molar-refractivity contribution in [2.24, 2.45) is 5.92 Å². The van der Waals surface area contributed by atoms with Gasteiger partial charge in [-0.15, -0.1) is 13.2 Å². The minimum absolute atomic E-state index is 0.0677. The highest BCUT2D eigenvalue weighted by Crippen LogP contribution is 2.36. The van der Waals surface area contributed by atoms with Gasteiger partial charge in [0.05, 0.1) is 24.4 Å². The van der Waals surface area contributed by atoms with Crippen molar-refractivity contribution in [2.75, 3.05) is 5.73 Å². The Morgan fingerprint density at radius 1 is 1.31 bits per heavy atom. The summed E-state index contributed by atoms with van der Waals surface area (Å²) in [5.74, 6) is -2.16. The van der Waals surface area contributed by atoms with Crippen molar-refractivity contribution in [1.29, 1.82) is 0 Å². The average Bonchev–Trinajstić information content (AvgIpc) is 3.44. The van der Waals surface area contributed by atoms with Gasteiger partial charge in [0.1, 0.15) is 17.2 Å². The number of anilines is 1. The molecule has 0 bridgehead atoms. The van der Waals surface area contributed by atoms with Gasteiger partial charge >= 0.3 is 5.97 Å². The number of nitrogen functional groups attached to an aromatic ring is 1. The van der Waals surface area contributed by atoms with Gasteiger partial charge in [0.15, 0.2) is 17.5 Å². The third-order valence-electron chi connectivity index (χ3n) is 5.45. The Balaban J connectivity index is 0.000000331. The van der Waals surface area contributed by atoms with E-state index in [4.69, 9.17) is 10.8 Å². The summed E-state index contributed by atoms with van der Waals surface area (Å²) in [5.41, 5.74) is 7.33. The van der Waals surface area contributed by atoms with Gasteiger partial charge in [-0.25, -0.2) is 23.7 Å². The molecule has 0 aromatic carbocycles. The third kappa shape index (κ3) is 5.68. The Kier molecular flexibility index (Phi) is 7.90. The smallest absolute Gasteiger partial charge is 0.306 e. The second kappa shape index (κ2) is 10.9. The molecule has 1 aliphatic rings. The number of carboxylic acid groups (broad SMARTS) is 1. The lowest BCUT2D eigenvalue weighted by Crippen LogP contribution is -2.06. The van der Waals surface area contributed by atoms with Crippen LogP contribution in [0.1, 0.15) is 39.2 Å². The summed E-state index contributed by atoms with van der Waals surface area (Å²) in [4.78, 5) is 25.2. The number of aromatic amines is 1. The maximum absolute atomic E-state index is 14.5. The van der Waals surface area contributed by atoms with Gasteiger partial charge in [-0.3, -0.25) is 9.48 Å². The van der Waals surface area contributed by atoms with Gasteiger partial charge in [-0.1, -0.05) is 13.8 Å². The van der Waals surface area contributed by atoms with Gasteiger partial charge in [-0.2, -0.15) is 5.10 Å². The van der Waals surface area contributed by atoms with E-state index in [2.05, 4.69) is 38.2 Å². The highest BCUT2D eigenvalue weighted by molar-refractivity contribution is 5.92. The maximum Gasteiger partial charge on any atom is 0.306 e. The van der Waals surface area contributed by atoms with Crippen LogP contribution in [0.5, 0.6) is 0 Å². The van der Waals surface area contributed by atoms with Crippen LogP contribution in [-0.2, 0) is 4.79 Å². The Morgan fingerprint density at radius 3 is 2.63 bits per heavy atom. The molecule has 1 atom stereocenters. The lowest BCUT2D eigenvalue weighted by Gasteiger charge is -2.06. The van der Waals surface area contributed by atoms with Crippen molar-refractivity contribution in [3.63, 3.8) is 0 Å². The number of carbonyl (C=O) groups is 1. The van der Waals surface area contributed by atoms with Crippen LogP contribution < -0.4 is 5.73 Å². The molecule has 11 heteroatoms. The summed E-state index contributed by atoms with van der Waals surface area (Å²) in [6.45, 7) is 9.56. The van der Waals surface area contributed by atoms with Crippen LogP contribution in [0, 0.1) is 17.6 Å². The quantitative estimate of drug-likeness (QED) is 0.340. The number of hydrogen-bond donors (Lipinski definition) is 3. The zero-order chi connectivity index (χ0) is 25.7. The van der Waals surface area contributed by atoms with E-state index in [9.17, 15) is 13.6 Å². The number of carboxylic acids is 1. The fourth-order valence-corrected chi connectivity index (χ4v) is 3.11.